The van der Waals surface area contributed by atoms with Crippen LogP contribution in [-0.4, -0.2) is 14.2 Å². The molecule has 0 aliphatic carbocycles. The maximum atomic E-state index is 14.3. The van der Waals surface area contributed by atoms with Crippen molar-refractivity contribution in [3.8, 4) is 0 Å². The molecule has 0 saturated carbocycles. The van der Waals surface area contributed by atoms with Crippen LogP contribution in [0.5, 0.6) is 0 Å². The van der Waals surface area contributed by atoms with Crippen molar-refractivity contribution in [2.45, 2.75) is 37.7 Å². The fraction of sp³-hybridized carbons (Fsp3) is 0.429. The van der Waals surface area contributed by atoms with Crippen molar-refractivity contribution in [3.05, 3.63) is 51.8 Å². The van der Waals surface area contributed by atoms with Crippen LogP contribution < -0.4 is 4.72 Å². The maximum Gasteiger partial charge on any atom is 0.419 e. The molecule has 1 N–H and O–H groups in total. The predicted molar refractivity (Wildman–Crippen MR) is 82.0 cm³/mol. The SMILES string of the molecule is C=C[C@@H](N[S+]([O-])C(C)(C)C)c1cc([N+](=O)[O-])cc(C(F)(F)F)c1F. The lowest BCUT2D eigenvalue weighted by molar-refractivity contribution is -0.385. The molecule has 1 aromatic carbocycles. The first-order valence-electron chi connectivity index (χ1n) is 6.64. The summed E-state index contributed by atoms with van der Waals surface area (Å²) in [5, 5.41) is 10.8. The summed E-state index contributed by atoms with van der Waals surface area (Å²) < 4.78 is 66.8. The minimum absolute atomic E-state index is 0.125. The lowest BCUT2D eigenvalue weighted by atomic mass is 10.0. The molecule has 0 aromatic heterocycles. The first-order valence-corrected chi connectivity index (χ1v) is 7.79. The number of halogens is 4. The molecule has 10 heteroatoms. The number of nitrogens with one attached hydrogen (secondary N) is 1. The van der Waals surface area contributed by atoms with E-state index < -0.39 is 55.9 Å². The summed E-state index contributed by atoms with van der Waals surface area (Å²) in [5.74, 6) is -1.67. The summed E-state index contributed by atoms with van der Waals surface area (Å²) >= 11 is -1.76. The Balaban J connectivity index is 3.46. The quantitative estimate of drug-likeness (QED) is 0.280. The van der Waals surface area contributed by atoms with Crippen LogP contribution in [0.1, 0.15) is 37.9 Å². The molecule has 5 nitrogen and oxygen atoms in total. The van der Waals surface area contributed by atoms with E-state index in [9.17, 15) is 32.2 Å². The van der Waals surface area contributed by atoms with Gasteiger partial charge in [0.25, 0.3) is 5.69 Å². The van der Waals surface area contributed by atoms with Gasteiger partial charge in [-0.25, -0.2) is 4.39 Å². The van der Waals surface area contributed by atoms with Crippen LogP contribution in [0.3, 0.4) is 0 Å². The van der Waals surface area contributed by atoms with Crippen molar-refractivity contribution in [2.24, 2.45) is 0 Å². The van der Waals surface area contributed by atoms with Crippen LogP contribution in [0.4, 0.5) is 23.2 Å². The Labute approximate surface area is 139 Å². The molecule has 0 radical (unpaired) electrons. The van der Waals surface area contributed by atoms with E-state index in [1.54, 1.807) is 20.8 Å². The Morgan fingerprint density at radius 3 is 2.25 bits per heavy atom. The molecular weight excluding hydrogens is 352 g/mol. The van der Waals surface area contributed by atoms with Crippen LogP contribution >= 0.6 is 0 Å². The third-order valence-electron chi connectivity index (χ3n) is 2.96. The molecule has 0 fully saturated rings. The molecule has 0 aliphatic rings. The third kappa shape index (κ3) is 4.68. The number of hydrogen-bond donors (Lipinski definition) is 1. The standard InChI is InChI=1S/C14H16F4N2O3S/c1-5-11(19-24(23)13(2,3)4)9-6-8(20(21)22)7-10(12(9)15)14(16,17)18/h5-7,11,19H,1H2,2-4H3/t11-,24?/m1/s1. The molecule has 0 spiro atoms. The monoisotopic (exact) mass is 368 g/mol. The molecule has 0 heterocycles. The molecule has 1 aromatic rings. The van der Waals surface area contributed by atoms with Gasteiger partial charge in [-0.1, -0.05) is 6.08 Å². The van der Waals surface area contributed by atoms with Crippen molar-refractivity contribution in [1.82, 2.24) is 4.72 Å². The fourth-order valence-electron chi connectivity index (χ4n) is 1.70. The average molecular weight is 368 g/mol. The average Bonchev–Trinajstić information content (AvgIpc) is 2.42. The fourth-order valence-corrected chi connectivity index (χ4v) is 2.51. The second-order valence-electron chi connectivity index (χ2n) is 5.86. The van der Waals surface area contributed by atoms with Gasteiger partial charge in [0.2, 0.25) is 0 Å². The molecule has 0 aliphatic heterocycles. The zero-order valence-electron chi connectivity index (χ0n) is 13.1. The van der Waals surface area contributed by atoms with E-state index in [1.165, 1.54) is 0 Å². The van der Waals surface area contributed by atoms with Crippen molar-refractivity contribution < 1.29 is 27.0 Å². The Morgan fingerprint density at radius 1 is 1.33 bits per heavy atom. The van der Waals surface area contributed by atoms with E-state index in [4.69, 9.17) is 0 Å². The summed E-state index contributed by atoms with van der Waals surface area (Å²) in [4.78, 5) is 9.79. The van der Waals surface area contributed by atoms with Crippen LogP contribution in [0.25, 0.3) is 0 Å². The molecule has 24 heavy (non-hydrogen) atoms. The zero-order valence-corrected chi connectivity index (χ0v) is 13.9. The van der Waals surface area contributed by atoms with Crippen LogP contribution in [-0.2, 0) is 17.5 Å². The number of rotatable bonds is 5. The van der Waals surface area contributed by atoms with Crippen LogP contribution in [0.2, 0.25) is 0 Å². The first kappa shape index (κ1) is 20.4. The predicted octanol–water partition coefficient (Wildman–Crippen LogP) is 4.03. The van der Waals surface area contributed by atoms with Gasteiger partial charge in [-0.3, -0.25) is 10.1 Å². The largest absolute Gasteiger partial charge is 0.598 e. The highest BCUT2D eigenvalue weighted by Gasteiger charge is 2.39. The van der Waals surface area contributed by atoms with Gasteiger partial charge in [-0.05, 0) is 20.8 Å². The number of nitrogens with zero attached hydrogens (tertiary/aromatic N) is 1. The molecular formula is C14H16F4N2O3S. The minimum Gasteiger partial charge on any atom is -0.598 e. The Hall–Kier alpha value is -1.65. The normalized spacial score (nSPS) is 15.0. The van der Waals surface area contributed by atoms with Gasteiger partial charge < -0.3 is 4.55 Å². The number of alkyl halides is 3. The van der Waals surface area contributed by atoms with E-state index in [0.29, 0.717) is 6.07 Å². The Kier molecular flexibility index (Phi) is 6.01. The Morgan fingerprint density at radius 2 is 1.88 bits per heavy atom. The first-order chi connectivity index (χ1) is 10.8. The van der Waals surface area contributed by atoms with E-state index in [-0.39, 0.29) is 6.07 Å². The van der Waals surface area contributed by atoms with Gasteiger partial charge in [-0.15, -0.1) is 11.3 Å². The number of nitro groups is 1. The number of nitro benzene ring substituents is 1. The molecule has 1 unspecified atom stereocenters. The number of benzene rings is 1. The highest BCUT2D eigenvalue weighted by molar-refractivity contribution is 7.90. The second-order valence-corrected chi connectivity index (χ2v) is 7.86. The summed E-state index contributed by atoms with van der Waals surface area (Å²) in [7, 11) is 0. The van der Waals surface area contributed by atoms with Crippen LogP contribution in [0, 0.1) is 15.9 Å². The van der Waals surface area contributed by atoms with Gasteiger partial charge in [0.1, 0.15) is 10.6 Å². The van der Waals surface area contributed by atoms with Crippen molar-refractivity contribution in [2.75, 3.05) is 0 Å². The number of non-ortho nitro benzene ring substituents is 1. The summed E-state index contributed by atoms with van der Waals surface area (Å²) in [6.45, 7) is 8.16. The highest BCUT2D eigenvalue weighted by atomic mass is 32.2. The lowest BCUT2D eigenvalue weighted by Gasteiger charge is -2.27. The highest BCUT2D eigenvalue weighted by Crippen LogP contribution is 2.37. The van der Waals surface area contributed by atoms with E-state index >= 15 is 0 Å². The molecule has 0 amide bonds. The van der Waals surface area contributed by atoms with Gasteiger partial charge in [0.15, 0.2) is 0 Å². The van der Waals surface area contributed by atoms with Crippen molar-refractivity contribution >= 4 is 17.0 Å². The van der Waals surface area contributed by atoms with E-state index in [2.05, 4.69) is 11.3 Å². The van der Waals surface area contributed by atoms with Crippen molar-refractivity contribution in [3.63, 3.8) is 0 Å². The lowest BCUT2D eigenvalue weighted by Crippen LogP contribution is -2.41. The number of hydrogen-bond acceptors (Lipinski definition) is 4. The Bertz CT molecular complexity index is 644. The maximum absolute atomic E-state index is 14.3. The van der Waals surface area contributed by atoms with Crippen LogP contribution in [0.15, 0.2) is 24.8 Å². The summed E-state index contributed by atoms with van der Waals surface area (Å²) in [6.07, 6.45) is -4.08. The summed E-state index contributed by atoms with van der Waals surface area (Å²) in [5.41, 5.74) is -3.33. The third-order valence-corrected chi connectivity index (χ3v) is 4.54. The molecule has 0 saturated heterocycles. The summed E-state index contributed by atoms with van der Waals surface area (Å²) in [6, 6.07) is -0.505. The smallest absolute Gasteiger partial charge is 0.419 e. The molecule has 0 bridgehead atoms. The second kappa shape index (κ2) is 7.08. The van der Waals surface area contributed by atoms with E-state index in [0.717, 1.165) is 6.08 Å². The van der Waals surface area contributed by atoms with Crippen molar-refractivity contribution in [1.29, 1.82) is 0 Å². The molecule has 2 atom stereocenters. The minimum atomic E-state index is -5.11. The topological polar surface area (TPSA) is 78.2 Å². The zero-order chi connectivity index (χ0) is 18.9. The van der Waals surface area contributed by atoms with Gasteiger partial charge >= 0.3 is 6.18 Å². The van der Waals surface area contributed by atoms with Gasteiger partial charge in [0.05, 0.1) is 16.5 Å². The van der Waals surface area contributed by atoms with Gasteiger partial charge in [0, 0.05) is 29.1 Å². The van der Waals surface area contributed by atoms with Gasteiger partial charge in [-0.2, -0.15) is 13.2 Å². The molecule has 1 rings (SSSR count). The molecule has 134 valence electrons. The van der Waals surface area contributed by atoms with E-state index in [1.807, 2.05) is 0 Å².